The van der Waals surface area contributed by atoms with Crippen LogP contribution in [0, 0.1) is 0 Å². The molecule has 0 radical (unpaired) electrons. The minimum absolute atomic E-state index is 0.334. The van der Waals surface area contributed by atoms with E-state index >= 15 is 0 Å². The molecule has 0 aromatic carbocycles. The zero-order chi connectivity index (χ0) is 13.7. The highest BCUT2D eigenvalue weighted by Gasteiger charge is 2.25. The minimum Gasteiger partial charge on any atom is -0.370 e. The molecule has 0 spiro atoms. The molecule has 1 aliphatic rings. The fourth-order valence-corrected chi connectivity index (χ4v) is 3.81. The van der Waals surface area contributed by atoms with Crippen LogP contribution in [0.15, 0.2) is 23.2 Å². The van der Waals surface area contributed by atoms with Crippen molar-refractivity contribution in [2.24, 2.45) is 0 Å². The largest absolute Gasteiger partial charge is 0.370 e. The average Bonchev–Trinajstić information content (AvgIpc) is 2.69. The number of hydrogen-bond acceptors (Lipinski definition) is 4. The third-order valence-corrected chi connectivity index (χ3v) is 5.19. The van der Waals surface area contributed by atoms with Crippen LogP contribution in [0.3, 0.4) is 0 Å². The lowest BCUT2D eigenvalue weighted by molar-refractivity contribution is 0.423. The molecule has 6 heteroatoms. The molecule has 1 aliphatic heterocycles. The second kappa shape index (κ2) is 6.34. The van der Waals surface area contributed by atoms with Gasteiger partial charge in [-0.25, -0.2) is 13.4 Å². The highest BCUT2D eigenvalue weighted by atomic mass is 32.2. The van der Waals surface area contributed by atoms with E-state index < -0.39 is 10.0 Å². The summed E-state index contributed by atoms with van der Waals surface area (Å²) < 4.78 is 26.7. The summed E-state index contributed by atoms with van der Waals surface area (Å²) >= 11 is 0. The van der Waals surface area contributed by atoms with Gasteiger partial charge in [0, 0.05) is 31.9 Å². The van der Waals surface area contributed by atoms with Crippen LogP contribution in [0.2, 0.25) is 0 Å². The number of aromatic nitrogens is 1. The summed E-state index contributed by atoms with van der Waals surface area (Å²) in [4.78, 5) is 4.45. The topological polar surface area (TPSA) is 62.3 Å². The standard InChI is InChI=1S/C13H21N3O2S/c1-2-14-13-11-12(7-8-15-13)19(17,18)16-9-5-3-4-6-10-16/h7-8,11H,2-6,9-10H2,1H3,(H,14,15). The first kappa shape index (κ1) is 14.3. The number of nitrogens with zero attached hydrogens (tertiary/aromatic N) is 2. The van der Waals surface area contributed by atoms with Crippen molar-refractivity contribution in [2.75, 3.05) is 25.0 Å². The predicted molar refractivity (Wildman–Crippen MR) is 75.6 cm³/mol. The van der Waals surface area contributed by atoms with E-state index in [1.807, 2.05) is 6.92 Å². The Labute approximate surface area is 115 Å². The number of sulfonamides is 1. The van der Waals surface area contributed by atoms with Gasteiger partial charge in [-0.05, 0) is 25.8 Å². The maximum Gasteiger partial charge on any atom is 0.243 e. The number of rotatable bonds is 4. The second-order valence-electron chi connectivity index (χ2n) is 4.73. The first-order chi connectivity index (χ1) is 9.14. The van der Waals surface area contributed by atoms with Crippen LogP contribution in [-0.4, -0.2) is 37.3 Å². The Hall–Kier alpha value is -1.14. The molecule has 0 atom stereocenters. The molecule has 5 nitrogen and oxygen atoms in total. The van der Waals surface area contributed by atoms with Gasteiger partial charge < -0.3 is 5.32 Å². The van der Waals surface area contributed by atoms with E-state index in [0.717, 1.165) is 32.2 Å². The van der Waals surface area contributed by atoms with E-state index in [1.165, 1.54) is 0 Å². The SMILES string of the molecule is CCNc1cc(S(=O)(=O)N2CCCCCC2)ccn1. The molecule has 1 aromatic rings. The molecule has 106 valence electrons. The molecule has 0 saturated carbocycles. The summed E-state index contributed by atoms with van der Waals surface area (Å²) in [5, 5.41) is 3.04. The Morgan fingerprint density at radius 1 is 1.26 bits per heavy atom. The quantitative estimate of drug-likeness (QED) is 0.919. The van der Waals surface area contributed by atoms with Crippen molar-refractivity contribution in [3.63, 3.8) is 0 Å². The molecule has 1 fully saturated rings. The van der Waals surface area contributed by atoms with Crippen LogP contribution in [0.25, 0.3) is 0 Å². The van der Waals surface area contributed by atoms with Crippen LogP contribution in [0.1, 0.15) is 32.6 Å². The molecular weight excluding hydrogens is 262 g/mol. The number of hydrogen-bond donors (Lipinski definition) is 1. The monoisotopic (exact) mass is 283 g/mol. The maximum absolute atomic E-state index is 12.6. The maximum atomic E-state index is 12.6. The van der Waals surface area contributed by atoms with Gasteiger partial charge in [0.05, 0.1) is 4.90 Å². The molecular formula is C13H21N3O2S. The molecule has 1 N–H and O–H groups in total. The molecule has 0 bridgehead atoms. The van der Waals surface area contributed by atoms with E-state index in [4.69, 9.17) is 0 Å². The van der Waals surface area contributed by atoms with Crippen molar-refractivity contribution in [3.05, 3.63) is 18.3 Å². The Kier molecular flexibility index (Phi) is 4.76. The van der Waals surface area contributed by atoms with Gasteiger partial charge in [-0.15, -0.1) is 0 Å². The molecule has 2 heterocycles. The van der Waals surface area contributed by atoms with Gasteiger partial charge in [0.1, 0.15) is 5.82 Å². The molecule has 1 saturated heterocycles. The van der Waals surface area contributed by atoms with Gasteiger partial charge in [-0.3, -0.25) is 0 Å². The van der Waals surface area contributed by atoms with Crippen LogP contribution in [0.4, 0.5) is 5.82 Å². The lowest BCUT2D eigenvalue weighted by atomic mass is 10.2. The van der Waals surface area contributed by atoms with E-state index in [0.29, 0.717) is 23.8 Å². The zero-order valence-corrected chi connectivity index (χ0v) is 12.1. The van der Waals surface area contributed by atoms with Crippen molar-refractivity contribution < 1.29 is 8.42 Å². The highest BCUT2D eigenvalue weighted by molar-refractivity contribution is 7.89. The Morgan fingerprint density at radius 2 is 1.95 bits per heavy atom. The smallest absolute Gasteiger partial charge is 0.243 e. The van der Waals surface area contributed by atoms with Crippen molar-refractivity contribution in [1.82, 2.24) is 9.29 Å². The third kappa shape index (κ3) is 3.45. The summed E-state index contributed by atoms with van der Waals surface area (Å²) in [6, 6.07) is 3.19. The molecule has 0 unspecified atom stereocenters. The first-order valence-electron chi connectivity index (χ1n) is 6.84. The molecule has 0 amide bonds. The van der Waals surface area contributed by atoms with Crippen molar-refractivity contribution in [1.29, 1.82) is 0 Å². The Bertz CT molecular complexity index is 508. The first-order valence-corrected chi connectivity index (χ1v) is 8.28. The lowest BCUT2D eigenvalue weighted by Gasteiger charge is -2.20. The average molecular weight is 283 g/mol. The summed E-state index contributed by atoms with van der Waals surface area (Å²) in [5.74, 6) is 0.610. The van der Waals surface area contributed by atoms with Crippen LogP contribution in [0.5, 0.6) is 0 Å². The summed E-state index contributed by atoms with van der Waals surface area (Å²) in [6.07, 6.45) is 5.67. The molecule has 0 aliphatic carbocycles. The van der Waals surface area contributed by atoms with Gasteiger partial charge in [0.15, 0.2) is 0 Å². The van der Waals surface area contributed by atoms with E-state index in [1.54, 1.807) is 22.6 Å². The van der Waals surface area contributed by atoms with E-state index in [2.05, 4.69) is 10.3 Å². The number of nitrogens with one attached hydrogen (secondary N) is 1. The van der Waals surface area contributed by atoms with E-state index in [9.17, 15) is 8.42 Å². The van der Waals surface area contributed by atoms with Crippen molar-refractivity contribution in [2.45, 2.75) is 37.5 Å². The zero-order valence-electron chi connectivity index (χ0n) is 11.3. The third-order valence-electron chi connectivity index (χ3n) is 3.29. The summed E-state index contributed by atoms with van der Waals surface area (Å²) in [6.45, 7) is 3.93. The summed E-state index contributed by atoms with van der Waals surface area (Å²) in [5.41, 5.74) is 0. The highest BCUT2D eigenvalue weighted by Crippen LogP contribution is 2.21. The minimum atomic E-state index is -3.37. The molecule has 1 aromatic heterocycles. The fourth-order valence-electron chi connectivity index (χ4n) is 2.28. The van der Waals surface area contributed by atoms with Gasteiger partial charge >= 0.3 is 0 Å². The van der Waals surface area contributed by atoms with Crippen molar-refractivity contribution in [3.8, 4) is 0 Å². The normalized spacial score (nSPS) is 17.9. The van der Waals surface area contributed by atoms with Gasteiger partial charge in [0.2, 0.25) is 10.0 Å². The van der Waals surface area contributed by atoms with E-state index in [-0.39, 0.29) is 0 Å². The predicted octanol–water partition coefficient (Wildman–Crippen LogP) is 2.08. The van der Waals surface area contributed by atoms with Crippen LogP contribution in [-0.2, 0) is 10.0 Å². The van der Waals surface area contributed by atoms with Gasteiger partial charge in [-0.2, -0.15) is 4.31 Å². The Balaban J connectivity index is 2.24. The van der Waals surface area contributed by atoms with Crippen LogP contribution >= 0.6 is 0 Å². The van der Waals surface area contributed by atoms with Crippen LogP contribution < -0.4 is 5.32 Å². The van der Waals surface area contributed by atoms with Gasteiger partial charge in [0.25, 0.3) is 0 Å². The number of anilines is 1. The second-order valence-corrected chi connectivity index (χ2v) is 6.66. The fraction of sp³-hybridized carbons (Fsp3) is 0.615. The summed E-state index contributed by atoms with van der Waals surface area (Å²) in [7, 11) is -3.37. The molecule has 19 heavy (non-hydrogen) atoms. The van der Waals surface area contributed by atoms with Crippen molar-refractivity contribution >= 4 is 15.8 Å². The lowest BCUT2D eigenvalue weighted by Crippen LogP contribution is -2.32. The Morgan fingerprint density at radius 3 is 2.58 bits per heavy atom. The van der Waals surface area contributed by atoms with Gasteiger partial charge in [-0.1, -0.05) is 12.8 Å². The molecule has 2 rings (SSSR count). The number of pyridine rings is 1.